The predicted molar refractivity (Wildman–Crippen MR) is 114 cm³/mol. The fourth-order valence-corrected chi connectivity index (χ4v) is 2.92. The van der Waals surface area contributed by atoms with Gasteiger partial charge in [-0.05, 0) is 60.7 Å². The van der Waals surface area contributed by atoms with Crippen LogP contribution in [0.5, 0.6) is 23.0 Å². The molecule has 0 aliphatic carbocycles. The molecule has 4 heteroatoms. The van der Waals surface area contributed by atoms with Crippen LogP contribution < -0.4 is 15.2 Å². The number of carbonyl (C=O) groups is 1. The van der Waals surface area contributed by atoms with Gasteiger partial charge in [0.15, 0.2) is 5.78 Å². The van der Waals surface area contributed by atoms with Crippen LogP contribution in [0, 0.1) is 0 Å². The maximum atomic E-state index is 13.0. The van der Waals surface area contributed by atoms with E-state index in [0.29, 0.717) is 34.1 Å². The Morgan fingerprint density at radius 1 is 0.552 bits per heavy atom. The number of hydrogen-bond acceptors (Lipinski definition) is 4. The Bertz CT molecular complexity index is 1120. The van der Waals surface area contributed by atoms with E-state index in [1.165, 1.54) is 0 Å². The van der Waals surface area contributed by atoms with Crippen LogP contribution in [0.2, 0.25) is 0 Å². The molecule has 0 aliphatic rings. The Kier molecular flexibility index (Phi) is 5.25. The third kappa shape index (κ3) is 4.28. The molecule has 4 rings (SSSR count). The molecule has 0 fully saturated rings. The summed E-state index contributed by atoms with van der Waals surface area (Å²) in [5.41, 5.74) is 7.31. The molecule has 0 saturated heterocycles. The monoisotopic (exact) mass is 381 g/mol. The van der Waals surface area contributed by atoms with Crippen molar-refractivity contribution in [2.24, 2.45) is 0 Å². The van der Waals surface area contributed by atoms with E-state index in [-0.39, 0.29) is 5.78 Å². The predicted octanol–water partition coefficient (Wildman–Crippen LogP) is 6.08. The molecule has 2 N–H and O–H groups in total. The van der Waals surface area contributed by atoms with Crippen molar-refractivity contribution in [2.45, 2.75) is 0 Å². The van der Waals surface area contributed by atoms with Crippen LogP contribution in [0.4, 0.5) is 5.69 Å². The van der Waals surface area contributed by atoms with Crippen molar-refractivity contribution in [1.29, 1.82) is 0 Å². The van der Waals surface area contributed by atoms with E-state index in [9.17, 15) is 4.79 Å². The molecular weight excluding hydrogens is 362 g/mol. The molecule has 142 valence electrons. The average molecular weight is 381 g/mol. The first-order valence-electron chi connectivity index (χ1n) is 9.20. The summed E-state index contributed by atoms with van der Waals surface area (Å²) in [6, 6.07) is 30.9. The number of benzene rings is 4. The summed E-state index contributed by atoms with van der Waals surface area (Å²) < 4.78 is 11.8. The second-order valence-electron chi connectivity index (χ2n) is 6.40. The third-order valence-electron chi connectivity index (χ3n) is 4.37. The molecule has 0 spiro atoms. The van der Waals surface area contributed by atoms with Gasteiger partial charge in [-0.1, -0.05) is 42.5 Å². The third-order valence-corrected chi connectivity index (χ3v) is 4.37. The maximum Gasteiger partial charge on any atom is 0.198 e. The lowest BCUT2D eigenvalue weighted by Gasteiger charge is -2.12. The van der Waals surface area contributed by atoms with Crippen LogP contribution in [0.25, 0.3) is 0 Å². The van der Waals surface area contributed by atoms with Crippen LogP contribution >= 0.6 is 0 Å². The Balaban J connectivity index is 1.54. The van der Waals surface area contributed by atoms with Crippen LogP contribution in [0.1, 0.15) is 15.9 Å². The lowest BCUT2D eigenvalue weighted by Crippen LogP contribution is -2.06. The summed E-state index contributed by atoms with van der Waals surface area (Å²) in [6.07, 6.45) is 0. The van der Waals surface area contributed by atoms with Crippen LogP contribution in [0.15, 0.2) is 103 Å². The second kappa shape index (κ2) is 8.31. The van der Waals surface area contributed by atoms with Crippen molar-refractivity contribution >= 4 is 11.5 Å². The van der Waals surface area contributed by atoms with Crippen molar-refractivity contribution in [3.8, 4) is 23.0 Å². The van der Waals surface area contributed by atoms with Gasteiger partial charge in [0.25, 0.3) is 0 Å². The molecule has 0 aromatic heterocycles. The standard InChI is InChI=1S/C25H19NO3/c26-23-12-6-4-10-21(23)25(27)22-11-5-7-13-24(22)29-20-16-14-19(15-17-20)28-18-8-2-1-3-9-18/h1-17H,26H2. The Morgan fingerprint density at radius 3 is 1.76 bits per heavy atom. The topological polar surface area (TPSA) is 61.6 Å². The van der Waals surface area contributed by atoms with Crippen molar-refractivity contribution in [1.82, 2.24) is 0 Å². The Hall–Kier alpha value is -4.05. The lowest BCUT2D eigenvalue weighted by molar-refractivity contribution is 0.103. The number of anilines is 1. The largest absolute Gasteiger partial charge is 0.457 e. The van der Waals surface area contributed by atoms with Gasteiger partial charge < -0.3 is 15.2 Å². The SMILES string of the molecule is Nc1ccccc1C(=O)c1ccccc1Oc1ccc(Oc2ccccc2)cc1. The molecule has 4 nitrogen and oxygen atoms in total. The minimum atomic E-state index is -0.178. The summed E-state index contributed by atoms with van der Waals surface area (Å²) >= 11 is 0. The fraction of sp³-hybridized carbons (Fsp3) is 0. The summed E-state index contributed by atoms with van der Waals surface area (Å²) in [5.74, 6) is 2.36. The minimum absolute atomic E-state index is 0.178. The number of rotatable bonds is 6. The summed E-state index contributed by atoms with van der Waals surface area (Å²) in [7, 11) is 0. The molecule has 0 aliphatic heterocycles. The number of ether oxygens (including phenoxy) is 2. The minimum Gasteiger partial charge on any atom is -0.457 e. The fourth-order valence-electron chi connectivity index (χ4n) is 2.92. The number of ketones is 1. The van der Waals surface area contributed by atoms with Crippen molar-refractivity contribution in [3.05, 3.63) is 114 Å². The van der Waals surface area contributed by atoms with Gasteiger partial charge in [0.2, 0.25) is 0 Å². The zero-order valence-corrected chi connectivity index (χ0v) is 15.6. The average Bonchev–Trinajstić information content (AvgIpc) is 2.76. The molecule has 29 heavy (non-hydrogen) atoms. The molecule has 0 unspecified atom stereocenters. The number of nitrogens with two attached hydrogens (primary N) is 1. The van der Waals surface area contributed by atoms with Gasteiger partial charge in [0.05, 0.1) is 5.56 Å². The first-order valence-corrected chi connectivity index (χ1v) is 9.20. The van der Waals surface area contributed by atoms with Gasteiger partial charge >= 0.3 is 0 Å². The Labute approximate surface area is 169 Å². The molecule has 4 aromatic carbocycles. The molecule has 4 aromatic rings. The van der Waals surface area contributed by atoms with E-state index in [1.54, 1.807) is 54.6 Å². The highest BCUT2D eigenvalue weighted by Crippen LogP contribution is 2.30. The van der Waals surface area contributed by atoms with E-state index < -0.39 is 0 Å². The molecule has 0 heterocycles. The quantitative estimate of drug-likeness (QED) is 0.324. The van der Waals surface area contributed by atoms with E-state index in [1.807, 2.05) is 48.5 Å². The summed E-state index contributed by atoms with van der Waals surface area (Å²) in [6.45, 7) is 0. The van der Waals surface area contributed by atoms with E-state index in [4.69, 9.17) is 15.2 Å². The second-order valence-corrected chi connectivity index (χ2v) is 6.40. The van der Waals surface area contributed by atoms with Gasteiger partial charge in [-0.3, -0.25) is 4.79 Å². The smallest absolute Gasteiger partial charge is 0.198 e. The van der Waals surface area contributed by atoms with Gasteiger partial charge in [-0.2, -0.15) is 0 Å². The highest BCUT2D eigenvalue weighted by molar-refractivity contribution is 6.13. The van der Waals surface area contributed by atoms with Crippen molar-refractivity contribution < 1.29 is 14.3 Å². The van der Waals surface area contributed by atoms with Gasteiger partial charge in [0, 0.05) is 11.3 Å². The van der Waals surface area contributed by atoms with Gasteiger partial charge in [0.1, 0.15) is 23.0 Å². The highest BCUT2D eigenvalue weighted by atomic mass is 16.5. The normalized spacial score (nSPS) is 10.3. The Morgan fingerprint density at radius 2 is 1.07 bits per heavy atom. The molecule has 0 saturated carbocycles. The zero-order chi connectivity index (χ0) is 20.1. The highest BCUT2D eigenvalue weighted by Gasteiger charge is 2.17. The molecule has 0 radical (unpaired) electrons. The molecular formula is C25H19NO3. The van der Waals surface area contributed by atoms with Crippen molar-refractivity contribution in [3.63, 3.8) is 0 Å². The number of nitrogen functional groups attached to an aromatic ring is 1. The number of carbonyl (C=O) groups excluding carboxylic acids is 1. The summed E-state index contributed by atoms with van der Waals surface area (Å²) in [5, 5.41) is 0. The van der Waals surface area contributed by atoms with E-state index in [2.05, 4.69) is 0 Å². The van der Waals surface area contributed by atoms with Gasteiger partial charge in [-0.25, -0.2) is 0 Å². The molecule has 0 amide bonds. The first-order chi connectivity index (χ1) is 14.2. The molecule has 0 bridgehead atoms. The summed E-state index contributed by atoms with van der Waals surface area (Å²) in [4.78, 5) is 13.0. The zero-order valence-electron chi connectivity index (χ0n) is 15.6. The maximum absolute atomic E-state index is 13.0. The van der Waals surface area contributed by atoms with Gasteiger partial charge in [-0.15, -0.1) is 0 Å². The molecule has 0 atom stereocenters. The number of hydrogen-bond donors (Lipinski definition) is 1. The lowest BCUT2D eigenvalue weighted by atomic mass is 10.0. The van der Waals surface area contributed by atoms with Crippen LogP contribution in [-0.2, 0) is 0 Å². The van der Waals surface area contributed by atoms with Crippen LogP contribution in [-0.4, -0.2) is 5.78 Å². The number of para-hydroxylation sites is 3. The van der Waals surface area contributed by atoms with E-state index in [0.717, 1.165) is 5.75 Å². The van der Waals surface area contributed by atoms with E-state index >= 15 is 0 Å². The van der Waals surface area contributed by atoms with Crippen LogP contribution in [0.3, 0.4) is 0 Å². The first kappa shape index (κ1) is 18.3. The van der Waals surface area contributed by atoms with Crippen molar-refractivity contribution in [2.75, 3.05) is 5.73 Å².